The molecule has 0 saturated heterocycles. The Bertz CT molecular complexity index is 3850. The number of aromatic nitrogens is 2. The number of halogens is 6. The zero-order valence-corrected chi connectivity index (χ0v) is 36.5. The number of para-hydroxylation sites is 2. The maximum atomic E-state index is 14.9. The average Bonchev–Trinajstić information content (AvgIpc) is 3.85. The van der Waals surface area contributed by atoms with Crippen LogP contribution in [0.25, 0.3) is 99.5 Å². The summed E-state index contributed by atoms with van der Waals surface area (Å²) in [7, 11) is 0. The summed E-state index contributed by atoms with van der Waals surface area (Å²) in [5.74, 6) is 0. The second-order valence-corrected chi connectivity index (χ2v) is 17.1. The van der Waals surface area contributed by atoms with Crippen molar-refractivity contribution in [3.8, 4) is 62.0 Å². The smallest absolute Gasteiger partial charge is 0.309 e. The minimum absolute atomic E-state index is 0.262. The van der Waals surface area contributed by atoms with Gasteiger partial charge < -0.3 is 9.13 Å². The Labute approximate surface area is 387 Å². The Morgan fingerprint density at radius 3 is 1.29 bits per heavy atom. The molecular weight excluding hydrogens is 865 g/mol. The van der Waals surface area contributed by atoms with Gasteiger partial charge in [0.2, 0.25) is 0 Å². The molecule has 3 nitrogen and oxygen atoms in total. The van der Waals surface area contributed by atoms with Gasteiger partial charge in [-0.1, -0.05) is 121 Å². The molecule has 0 unspecified atom stereocenters. The lowest BCUT2D eigenvalue weighted by Gasteiger charge is -2.22. The van der Waals surface area contributed by atoms with E-state index >= 15 is 0 Å². The van der Waals surface area contributed by atoms with Crippen molar-refractivity contribution in [2.75, 3.05) is 0 Å². The van der Waals surface area contributed by atoms with E-state index in [1.807, 2.05) is 115 Å². The predicted molar refractivity (Wildman–Crippen MR) is 261 cm³/mol. The minimum atomic E-state index is -5.11. The van der Waals surface area contributed by atoms with E-state index in [1.54, 1.807) is 18.2 Å². The number of nitriles is 1. The van der Waals surface area contributed by atoms with Crippen LogP contribution in [0, 0.1) is 25.2 Å². The molecule has 0 fully saturated rings. The normalized spacial score (nSPS) is 12.1. The predicted octanol–water partition coefficient (Wildman–Crippen LogP) is 17.1. The van der Waals surface area contributed by atoms with Crippen molar-refractivity contribution in [2.45, 2.75) is 26.2 Å². The fraction of sp³-hybridized carbons (Fsp3) is 0.0678. The van der Waals surface area contributed by atoms with Crippen molar-refractivity contribution in [3.05, 3.63) is 216 Å². The van der Waals surface area contributed by atoms with E-state index in [9.17, 15) is 31.6 Å². The summed E-state index contributed by atoms with van der Waals surface area (Å²) < 4.78 is 93.5. The van der Waals surface area contributed by atoms with Gasteiger partial charge in [-0.25, -0.2) is 0 Å². The molecular formula is C59H37F6N3. The molecule has 11 aromatic rings. The van der Waals surface area contributed by atoms with Gasteiger partial charge in [-0.05, 0) is 120 Å². The summed E-state index contributed by atoms with van der Waals surface area (Å²) in [5.41, 5.74) is 7.73. The zero-order chi connectivity index (χ0) is 47.1. The molecule has 0 radical (unpaired) electrons. The molecule has 11 rings (SSSR count). The molecule has 0 aliphatic carbocycles. The number of aryl methyl sites for hydroxylation is 2. The largest absolute Gasteiger partial charge is 0.417 e. The third kappa shape index (κ3) is 6.91. The molecule has 0 N–H and O–H groups in total. The Morgan fingerprint density at radius 1 is 0.382 bits per heavy atom. The SMILES string of the molecule is Cc1ccccc1-c1ccc2c(c1)c1ccccc1n2-c1cc(C#N)ccc1-c1ccc(-c2c(C(F)(F)F)cccc2C(F)(F)F)cc1-n1c2ccccc2c2cc(-c3ccccc3C)ccc21. The van der Waals surface area contributed by atoms with Gasteiger partial charge in [-0.15, -0.1) is 0 Å². The van der Waals surface area contributed by atoms with E-state index in [-0.39, 0.29) is 5.56 Å². The molecule has 0 spiro atoms. The highest BCUT2D eigenvalue weighted by Crippen LogP contribution is 2.48. The van der Waals surface area contributed by atoms with Crippen LogP contribution in [0.15, 0.2) is 188 Å². The summed E-state index contributed by atoms with van der Waals surface area (Å²) in [6, 6.07) is 58.2. The van der Waals surface area contributed by atoms with E-state index < -0.39 is 29.0 Å². The highest BCUT2D eigenvalue weighted by molar-refractivity contribution is 6.13. The second-order valence-electron chi connectivity index (χ2n) is 17.1. The molecule has 68 heavy (non-hydrogen) atoms. The first kappa shape index (κ1) is 42.3. The summed E-state index contributed by atoms with van der Waals surface area (Å²) in [6.45, 7) is 4.10. The van der Waals surface area contributed by atoms with Crippen molar-refractivity contribution >= 4 is 43.6 Å². The Balaban J connectivity index is 1.25. The third-order valence-electron chi connectivity index (χ3n) is 13.1. The summed E-state index contributed by atoms with van der Waals surface area (Å²) in [4.78, 5) is 0. The Kier molecular flexibility index (Phi) is 9.90. The van der Waals surface area contributed by atoms with Gasteiger partial charge in [0.1, 0.15) is 0 Å². The lowest BCUT2D eigenvalue weighted by Crippen LogP contribution is -2.14. The Hall–Kier alpha value is -8.35. The number of fused-ring (bicyclic) bond motifs is 6. The quantitative estimate of drug-likeness (QED) is 0.153. The molecule has 0 atom stereocenters. The van der Waals surface area contributed by atoms with Gasteiger partial charge in [0.15, 0.2) is 0 Å². The van der Waals surface area contributed by atoms with E-state index in [0.717, 1.165) is 72.0 Å². The van der Waals surface area contributed by atoms with Crippen molar-refractivity contribution < 1.29 is 26.3 Å². The first-order valence-corrected chi connectivity index (χ1v) is 22.0. The molecule has 2 heterocycles. The first-order valence-electron chi connectivity index (χ1n) is 22.0. The molecule has 0 bridgehead atoms. The van der Waals surface area contributed by atoms with Crippen LogP contribution in [0.3, 0.4) is 0 Å². The molecule has 9 heteroatoms. The molecule has 0 aliphatic rings. The zero-order valence-electron chi connectivity index (χ0n) is 36.5. The maximum absolute atomic E-state index is 14.9. The van der Waals surface area contributed by atoms with Crippen LogP contribution >= 0.6 is 0 Å². The fourth-order valence-electron chi connectivity index (χ4n) is 10.0. The van der Waals surface area contributed by atoms with Gasteiger partial charge in [0.25, 0.3) is 0 Å². The highest BCUT2D eigenvalue weighted by Gasteiger charge is 2.41. The van der Waals surface area contributed by atoms with E-state index in [0.29, 0.717) is 51.2 Å². The van der Waals surface area contributed by atoms with E-state index in [4.69, 9.17) is 0 Å². The van der Waals surface area contributed by atoms with Crippen LogP contribution in [0.2, 0.25) is 0 Å². The van der Waals surface area contributed by atoms with Crippen LogP contribution in [-0.2, 0) is 12.4 Å². The molecule has 2 aromatic heterocycles. The molecule has 9 aromatic carbocycles. The maximum Gasteiger partial charge on any atom is 0.417 e. The number of alkyl halides is 6. The number of hydrogen-bond acceptors (Lipinski definition) is 1. The minimum Gasteiger partial charge on any atom is -0.309 e. The van der Waals surface area contributed by atoms with Gasteiger partial charge in [0, 0.05) is 38.2 Å². The molecule has 330 valence electrons. The number of benzene rings is 9. The second kappa shape index (κ2) is 15.9. The van der Waals surface area contributed by atoms with Crippen molar-refractivity contribution in [1.82, 2.24) is 9.13 Å². The summed E-state index contributed by atoms with van der Waals surface area (Å²) >= 11 is 0. The van der Waals surface area contributed by atoms with Crippen LogP contribution in [0.5, 0.6) is 0 Å². The van der Waals surface area contributed by atoms with Gasteiger partial charge in [-0.2, -0.15) is 31.6 Å². The van der Waals surface area contributed by atoms with Crippen molar-refractivity contribution in [1.29, 1.82) is 5.26 Å². The van der Waals surface area contributed by atoms with Crippen LogP contribution in [0.1, 0.15) is 27.8 Å². The van der Waals surface area contributed by atoms with Gasteiger partial charge in [0.05, 0.1) is 56.2 Å². The van der Waals surface area contributed by atoms with Gasteiger partial charge >= 0.3 is 12.4 Å². The van der Waals surface area contributed by atoms with Crippen LogP contribution in [0.4, 0.5) is 26.3 Å². The number of nitrogens with zero attached hydrogens (tertiary/aromatic N) is 3. The summed E-state index contributed by atoms with van der Waals surface area (Å²) in [5, 5.41) is 14.0. The third-order valence-corrected chi connectivity index (χ3v) is 13.1. The topological polar surface area (TPSA) is 33.6 Å². The van der Waals surface area contributed by atoms with Crippen LogP contribution < -0.4 is 0 Å². The first-order chi connectivity index (χ1) is 32.8. The standard InChI is InChI=1S/C59H37F6N3/c1-35-12-3-5-14-41(35)38-24-28-53-47(31-38)43-16-7-9-20-51(43)67(53)55-30-37(34-66)22-26-45(55)46-27-23-40(57-49(58(60,61)62)18-11-19-50(57)59(63,64)65)33-56(46)68-52-21-10-8-17-44(52)48-32-39(25-29-54(48)68)42-15-6-4-13-36(42)2/h3-33H,1-2H3. The average molecular weight is 902 g/mol. The van der Waals surface area contributed by atoms with Gasteiger partial charge in [-0.3, -0.25) is 0 Å². The number of rotatable bonds is 6. The molecule has 0 amide bonds. The van der Waals surface area contributed by atoms with E-state index in [2.05, 4.69) is 54.0 Å². The highest BCUT2D eigenvalue weighted by atomic mass is 19.4. The number of hydrogen-bond donors (Lipinski definition) is 0. The van der Waals surface area contributed by atoms with E-state index in [1.165, 1.54) is 12.1 Å². The Morgan fingerprint density at radius 2 is 0.809 bits per heavy atom. The lowest BCUT2D eigenvalue weighted by atomic mass is 9.90. The monoisotopic (exact) mass is 901 g/mol. The van der Waals surface area contributed by atoms with Crippen LogP contribution in [-0.4, -0.2) is 9.13 Å². The lowest BCUT2D eigenvalue weighted by molar-refractivity contribution is -0.142. The summed E-state index contributed by atoms with van der Waals surface area (Å²) in [6.07, 6.45) is -10.2. The van der Waals surface area contributed by atoms with Crippen molar-refractivity contribution in [3.63, 3.8) is 0 Å². The van der Waals surface area contributed by atoms with Crippen molar-refractivity contribution in [2.24, 2.45) is 0 Å². The fourth-order valence-corrected chi connectivity index (χ4v) is 10.0. The molecule has 0 saturated carbocycles. The molecule has 0 aliphatic heterocycles.